The number of benzene rings is 1. The van der Waals surface area contributed by atoms with Crippen LogP contribution in [0, 0.1) is 11.7 Å². The first-order valence-corrected chi connectivity index (χ1v) is 12.5. The van der Waals surface area contributed by atoms with Gasteiger partial charge in [0.1, 0.15) is 11.5 Å². The van der Waals surface area contributed by atoms with Crippen LogP contribution in [0.4, 0.5) is 10.2 Å². The first kappa shape index (κ1) is 24.3. The zero-order valence-electron chi connectivity index (χ0n) is 20.5. The van der Waals surface area contributed by atoms with Gasteiger partial charge in [-0.15, -0.1) is 0 Å². The molecule has 2 fully saturated rings. The highest BCUT2D eigenvalue weighted by Gasteiger charge is 2.23. The van der Waals surface area contributed by atoms with Crippen LogP contribution in [0.3, 0.4) is 0 Å². The number of halogens is 1. The number of hydrogen-bond donors (Lipinski definition) is 1. The molecule has 4 rings (SSSR count). The minimum Gasteiger partial charge on any atom is -0.402 e. The van der Waals surface area contributed by atoms with Gasteiger partial charge in [-0.25, -0.2) is 9.37 Å². The highest BCUT2D eigenvalue weighted by molar-refractivity contribution is 5.99. The number of nitrogens with two attached hydrogens (primary N) is 1. The van der Waals surface area contributed by atoms with E-state index < -0.39 is 0 Å². The lowest BCUT2D eigenvalue weighted by Crippen LogP contribution is -2.48. The molecule has 34 heavy (non-hydrogen) atoms. The number of hydrogen-bond acceptors (Lipinski definition) is 6. The van der Waals surface area contributed by atoms with Gasteiger partial charge in [0.05, 0.1) is 0 Å². The number of aliphatic imine (C=N–C) groups is 1. The van der Waals surface area contributed by atoms with Crippen molar-refractivity contribution in [2.75, 3.05) is 44.2 Å². The molecule has 2 aliphatic rings. The number of aromatic nitrogens is 2. The van der Waals surface area contributed by atoms with E-state index >= 15 is 0 Å². The van der Waals surface area contributed by atoms with Gasteiger partial charge in [0.15, 0.2) is 5.82 Å². The van der Waals surface area contributed by atoms with Crippen molar-refractivity contribution in [1.82, 2.24) is 14.9 Å². The average molecular weight is 465 g/mol. The Morgan fingerprint density at radius 1 is 1.00 bits per heavy atom. The van der Waals surface area contributed by atoms with E-state index in [0.29, 0.717) is 0 Å². The number of piperazine rings is 1. The van der Waals surface area contributed by atoms with Gasteiger partial charge in [-0.2, -0.15) is 0 Å². The predicted molar refractivity (Wildman–Crippen MR) is 138 cm³/mol. The number of rotatable bonds is 7. The van der Waals surface area contributed by atoms with Crippen molar-refractivity contribution < 1.29 is 4.39 Å². The molecule has 1 aliphatic heterocycles. The third-order valence-corrected chi connectivity index (χ3v) is 7.07. The van der Waals surface area contributed by atoms with Gasteiger partial charge in [-0.1, -0.05) is 19.3 Å². The lowest BCUT2D eigenvalue weighted by Gasteiger charge is -2.36. The summed E-state index contributed by atoms with van der Waals surface area (Å²) in [6, 6.07) is 6.45. The van der Waals surface area contributed by atoms with Crippen LogP contribution >= 0.6 is 0 Å². The van der Waals surface area contributed by atoms with Gasteiger partial charge < -0.3 is 10.6 Å². The van der Waals surface area contributed by atoms with E-state index in [1.165, 1.54) is 44.2 Å². The van der Waals surface area contributed by atoms with E-state index in [-0.39, 0.29) is 5.82 Å². The largest absolute Gasteiger partial charge is 0.402 e. The lowest BCUT2D eigenvalue weighted by molar-refractivity contribution is 0.280. The first-order chi connectivity index (χ1) is 16.5. The van der Waals surface area contributed by atoms with E-state index in [2.05, 4.69) is 26.7 Å². The summed E-state index contributed by atoms with van der Waals surface area (Å²) in [7, 11) is 0. The van der Waals surface area contributed by atoms with Crippen molar-refractivity contribution in [3.8, 4) is 11.3 Å². The summed E-state index contributed by atoms with van der Waals surface area (Å²) in [6.07, 6.45) is 10.1. The molecule has 182 valence electrons. The molecule has 6 nitrogen and oxygen atoms in total. The SMILES string of the molecule is CC(=NCC1CCCCC1)/C(CN1CCN(c2nccnc2-c2ccc(F)cc2)CC1)=C(/C)N. The fraction of sp³-hybridized carbons (Fsp3) is 0.519. The number of anilines is 1. The molecule has 2 heterocycles. The van der Waals surface area contributed by atoms with Crippen molar-refractivity contribution in [3.05, 3.63) is 53.7 Å². The molecule has 1 saturated heterocycles. The third-order valence-electron chi connectivity index (χ3n) is 7.07. The molecular formula is C27H37FN6. The molecule has 1 aromatic heterocycles. The van der Waals surface area contributed by atoms with Crippen molar-refractivity contribution in [2.24, 2.45) is 16.6 Å². The first-order valence-electron chi connectivity index (χ1n) is 12.5. The van der Waals surface area contributed by atoms with Gasteiger partial charge in [0.2, 0.25) is 0 Å². The Labute approximate surface area is 202 Å². The van der Waals surface area contributed by atoms with Crippen LogP contribution < -0.4 is 10.6 Å². The van der Waals surface area contributed by atoms with Gasteiger partial charge >= 0.3 is 0 Å². The smallest absolute Gasteiger partial charge is 0.155 e. The predicted octanol–water partition coefficient (Wildman–Crippen LogP) is 4.68. The minimum atomic E-state index is -0.251. The Hall–Kier alpha value is -2.80. The van der Waals surface area contributed by atoms with E-state index in [9.17, 15) is 4.39 Å². The molecule has 2 aromatic rings. The Balaban J connectivity index is 1.38. The van der Waals surface area contributed by atoms with Crippen LogP contribution in [0.25, 0.3) is 11.3 Å². The third kappa shape index (κ3) is 6.20. The Bertz CT molecular complexity index is 998. The normalized spacial score (nSPS) is 19.3. The molecule has 2 N–H and O–H groups in total. The fourth-order valence-corrected chi connectivity index (χ4v) is 4.97. The molecule has 0 radical (unpaired) electrons. The molecule has 0 spiro atoms. The van der Waals surface area contributed by atoms with Crippen LogP contribution in [0.15, 0.2) is 52.9 Å². The highest BCUT2D eigenvalue weighted by Crippen LogP contribution is 2.28. The number of allylic oxidation sites excluding steroid dienone is 1. The van der Waals surface area contributed by atoms with Crippen LogP contribution in [0.5, 0.6) is 0 Å². The summed E-state index contributed by atoms with van der Waals surface area (Å²) in [5.74, 6) is 1.33. The molecule has 1 saturated carbocycles. The Morgan fingerprint density at radius 2 is 1.68 bits per heavy atom. The summed E-state index contributed by atoms with van der Waals surface area (Å²) in [5.41, 5.74) is 11.1. The van der Waals surface area contributed by atoms with Crippen molar-refractivity contribution in [1.29, 1.82) is 0 Å². The topological polar surface area (TPSA) is 70.6 Å². The quantitative estimate of drug-likeness (QED) is 0.603. The standard InChI is InChI=1S/C27H37FN6/c1-20(29)25(21(2)32-18-22-6-4-3-5-7-22)19-33-14-16-34(17-15-33)27-26(30-12-13-31-27)23-8-10-24(28)11-9-23/h8-13,22H,3-7,14-19,29H2,1-2H3/b25-20-,32-21?. The molecule has 7 heteroatoms. The second-order valence-electron chi connectivity index (χ2n) is 9.59. The monoisotopic (exact) mass is 464 g/mol. The van der Waals surface area contributed by atoms with Gasteiger partial charge in [-0.3, -0.25) is 14.9 Å². The van der Waals surface area contributed by atoms with Crippen LogP contribution in [0.1, 0.15) is 46.0 Å². The summed E-state index contributed by atoms with van der Waals surface area (Å²) < 4.78 is 13.4. The van der Waals surface area contributed by atoms with Crippen LogP contribution in [0.2, 0.25) is 0 Å². The maximum atomic E-state index is 13.4. The highest BCUT2D eigenvalue weighted by atomic mass is 19.1. The van der Waals surface area contributed by atoms with Gasteiger partial charge in [-0.05, 0) is 56.9 Å². The summed E-state index contributed by atoms with van der Waals surface area (Å²) >= 11 is 0. The van der Waals surface area contributed by atoms with E-state index in [0.717, 1.165) is 79.2 Å². The van der Waals surface area contributed by atoms with Gasteiger partial charge in [0, 0.05) is 74.2 Å². The van der Waals surface area contributed by atoms with Crippen LogP contribution in [-0.4, -0.2) is 59.8 Å². The molecule has 1 aromatic carbocycles. The summed E-state index contributed by atoms with van der Waals surface area (Å²) in [6.45, 7) is 9.36. The van der Waals surface area contributed by atoms with E-state index in [1.807, 2.05) is 6.92 Å². The van der Waals surface area contributed by atoms with Crippen LogP contribution in [-0.2, 0) is 0 Å². The van der Waals surface area contributed by atoms with Crippen molar-refractivity contribution in [3.63, 3.8) is 0 Å². The lowest BCUT2D eigenvalue weighted by atomic mass is 9.89. The minimum absolute atomic E-state index is 0.251. The summed E-state index contributed by atoms with van der Waals surface area (Å²) in [5, 5.41) is 0. The zero-order chi connectivity index (χ0) is 23.9. The average Bonchev–Trinajstić information content (AvgIpc) is 2.87. The Kier molecular flexibility index (Phi) is 8.27. The molecular weight excluding hydrogens is 427 g/mol. The maximum Gasteiger partial charge on any atom is 0.155 e. The van der Waals surface area contributed by atoms with Crippen molar-refractivity contribution in [2.45, 2.75) is 46.0 Å². The molecule has 0 atom stereocenters. The zero-order valence-corrected chi connectivity index (χ0v) is 20.5. The fourth-order valence-electron chi connectivity index (χ4n) is 4.97. The Morgan fingerprint density at radius 3 is 2.35 bits per heavy atom. The van der Waals surface area contributed by atoms with Crippen molar-refractivity contribution >= 4 is 11.5 Å². The second kappa shape index (κ2) is 11.6. The molecule has 0 unspecified atom stereocenters. The maximum absolute atomic E-state index is 13.4. The second-order valence-corrected chi connectivity index (χ2v) is 9.59. The molecule has 0 amide bonds. The summed E-state index contributed by atoms with van der Waals surface area (Å²) in [4.78, 5) is 18.8. The molecule has 1 aliphatic carbocycles. The number of nitrogens with zero attached hydrogens (tertiary/aromatic N) is 5. The van der Waals surface area contributed by atoms with E-state index in [4.69, 9.17) is 10.7 Å². The van der Waals surface area contributed by atoms with Gasteiger partial charge in [0.25, 0.3) is 0 Å². The molecule has 0 bridgehead atoms. The van der Waals surface area contributed by atoms with E-state index in [1.54, 1.807) is 24.5 Å².